The van der Waals surface area contributed by atoms with Crippen LogP contribution in [0.5, 0.6) is 5.75 Å². The van der Waals surface area contributed by atoms with E-state index in [0.29, 0.717) is 19.6 Å². The van der Waals surface area contributed by atoms with Gasteiger partial charge in [0, 0.05) is 25.3 Å². The third-order valence-electron chi connectivity index (χ3n) is 5.59. The molecular formula is C24H31N3O3. The zero-order valence-corrected chi connectivity index (χ0v) is 18.2. The molecule has 1 fully saturated rings. The number of anilines is 1. The number of hydrogen-bond donors (Lipinski definition) is 2. The SMILES string of the molecule is COc1cccc(CNC(=O)C2(C)CCCN(C(=O)Nc3cc(C)cc(C)c3)C2)c1. The van der Waals surface area contributed by atoms with Crippen LogP contribution in [0.25, 0.3) is 0 Å². The Labute approximate surface area is 178 Å². The van der Waals surface area contributed by atoms with Gasteiger partial charge in [-0.2, -0.15) is 0 Å². The molecule has 1 aliphatic rings. The molecule has 1 aliphatic heterocycles. The summed E-state index contributed by atoms with van der Waals surface area (Å²) in [6.07, 6.45) is 1.55. The fraction of sp³-hybridized carbons (Fsp3) is 0.417. The molecule has 0 aromatic heterocycles. The number of hydrogen-bond acceptors (Lipinski definition) is 3. The number of urea groups is 1. The van der Waals surface area contributed by atoms with Crippen LogP contribution in [0.4, 0.5) is 10.5 Å². The molecule has 1 unspecified atom stereocenters. The van der Waals surface area contributed by atoms with Crippen LogP contribution < -0.4 is 15.4 Å². The molecule has 0 aliphatic carbocycles. The number of rotatable bonds is 5. The molecule has 30 heavy (non-hydrogen) atoms. The summed E-state index contributed by atoms with van der Waals surface area (Å²) in [5.74, 6) is 0.731. The van der Waals surface area contributed by atoms with E-state index in [-0.39, 0.29) is 11.9 Å². The molecule has 6 nitrogen and oxygen atoms in total. The van der Waals surface area contributed by atoms with Gasteiger partial charge in [0.25, 0.3) is 0 Å². The summed E-state index contributed by atoms with van der Waals surface area (Å²) >= 11 is 0. The second-order valence-electron chi connectivity index (χ2n) is 8.43. The molecule has 1 saturated heterocycles. The largest absolute Gasteiger partial charge is 0.497 e. The number of benzene rings is 2. The number of amides is 3. The highest BCUT2D eigenvalue weighted by molar-refractivity contribution is 5.90. The van der Waals surface area contributed by atoms with Crippen molar-refractivity contribution in [3.05, 3.63) is 59.2 Å². The third-order valence-corrected chi connectivity index (χ3v) is 5.59. The Morgan fingerprint density at radius 3 is 2.57 bits per heavy atom. The molecule has 6 heteroatoms. The minimum atomic E-state index is -0.614. The Morgan fingerprint density at radius 1 is 1.13 bits per heavy atom. The summed E-state index contributed by atoms with van der Waals surface area (Å²) in [6, 6.07) is 13.5. The smallest absolute Gasteiger partial charge is 0.321 e. The molecule has 160 valence electrons. The monoisotopic (exact) mass is 409 g/mol. The normalized spacial score (nSPS) is 18.6. The van der Waals surface area contributed by atoms with Gasteiger partial charge >= 0.3 is 6.03 Å². The van der Waals surface area contributed by atoms with E-state index in [1.54, 1.807) is 12.0 Å². The van der Waals surface area contributed by atoms with Gasteiger partial charge in [-0.25, -0.2) is 4.79 Å². The summed E-state index contributed by atoms with van der Waals surface area (Å²) in [6.45, 7) is 7.42. The van der Waals surface area contributed by atoms with Gasteiger partial charge in [0.2, 0.25) is 5.91 Å². The predicted molar refractivity (Wildman–Crippen MR) is 119 cm³/mol. The number of nitrogens with one attached hydrogen (secondary N) is 2. The summed E-state index contributed by atoms with van der Waals surface area (Å²) in [4.78, 5) is 27.5. The lowest BCUT2D eigenvalue weighted by atomic mass is 9.81. The second kappa shape index (κ2) is 9.20. The van der Waals surface area contributed by atoms with Crippen LogP contribution in [0, 0.1) is 19.3 Å². The first kappa shape index (κ1) is 21.7. The minimum Gasteiger partial charge on any atom is -0.497 e. The van der Waals surface area contributed by atoms with Gasteiger partial charge in [-0.05, 0) is 74.6 Å². The highest BCUT2D eigenvalue weighted by Gasteiger charge is 2.39. The molecule has 2 aromatic rings. The fourth-order valence-electron chi connectivity index (χ4n) is 4.03. The number of carbonyl (C=O) groups is 2. The summed E-state index contributed by atoms with van der Waals surface area (Å²) in [5.41, 5.74) is 3.35. The van der Waals surface area contributed by atoms with Gasteiger partial charge in [-0.3, -0.25) is 4.79 Å². The maximum Gasteiger partial charge on any atom is 0.321 e. The van der Waals surface area contributed by atoms with Crippen molar-refractivity contribution < 1.29 is 14.3 Å². The van der Waals surface area contributed by atoms with Gasteiger partial charge in [-0.1, -0.05) is 18.2 Å². The highest BCUT2D eigenvalue weighted by atomic mass is 16.5. The van der Waals surface area contributed by atoms with Gasteiger partial charge in [0.05, 0.1) is 12.5 Å². The zero-order valence-electron chi connectivity index (χ0n) is 18.2. The molecule has 0 saturated carbocycles. The summed E-state index contributed by atoms with van der Waals surface area (Å²) in [7, 11) is 1.62. The summed E-state index contributed by atoms with van der Waals surface area (Å²) < 4.78 is 5.24. The Kier molecular flexibility index (Phi) is 6.65. The number of methoxy groups -OCH3 is 1. The van der Waals surface area contributed by atoms with Crippen molar-refractivity contribution in [3.63, 3.8) is 0 Å². The molecule has 2 N–H and O–H groups in total. The van der Waals surface area contributed by atoms with Crippen LogP contribution in [0.1, 0.15) is 36.5 Å². The Morgan fingerprint density at radius 2 is 1.87 bits per heavy atom. The highest BCUT2D eigenvalue weighted by Crippen LogP contribution is 2.30. The third kappa shape index (κ3) is 5.32. The predicted octanol–water partition coefficient (Wildman–Crippen LogP) is 4.26. The first-order valence-electron chi connectivity index (χ1n) is 10.3. The standard InChI is InChI=1S/C24H31N3O3/c1-17-11-18(2)13-20(12-17)26-23(29)27-10-6-9-24(3,16-27)22(28)25-15-19-7-5-8-21(14-19)30-4/h5,7-8,11-14H,6,9-10,15-16H2,1-4H3,(H,25,28)(H,26,29). The van der Waals surface area contributed by atoms with Crippen molar-refractivity contribution in [1.82, 2.24) is 10.2 Å². The maximum absolute atomic E-state index is 13.0. The summed E-state index contributed by atoms with van der Waals surface area (Å²) in [5, 5.41) is 6.01. The maximum atomic E-state index is 13.0. The van der Waals surface area contributed by atoms with Gasteiger partial charge in [-0.15, -0.1) is 0 Å². The molecule has 1 heterocycles. The van der Waals surface area contributed by atoms with E-state index in [1.807, 2.05) is 57.2 Å². The molecule has 0 spiro atoms. The number of ether oxygens (including phenoxy) is 1. The first-order chi connectivity index (χ1) is 14.3. The number of aryl methyl sites for hydroxylation is 2. The molecule has 3 rings (SSSR count). The van der Waals surface area contributed by atoms with Crippen LogP contribution in [0.3, 0.4) is 0 Å². The van der Waals surface area contributed by atoms with Crippen LogP contribution in [-0.4, -0.2) is 37.0 Å². The average molecular weight is 410 g/mol. The Bertz CT molecular complexity index is 907. The van der Waals surface area contributed by atoms with E-state index < -0.39 is 5.41 Å². The molecular weight excluding hydrogens is 378 g/mol. The first-order valence-corrected chi connectivity index (χ1v) is 10.3. The van der Waals surface area contributed by atoms with Gasteiger partial charge in [0.15, 0.2) is 0 Å². The minimum absolute atomic E-state index is 0.0331. The topological polar surface area (TPSA) is 70.7 Å². The number of likely N-dealkylation sites (tertiary alicyclic amines) is 1. The quantitative estimate of drug-likeness (QED) is 0.775. The van der Waals surface area contributed by atoms with Crippen LogP contribution >= 0.6 is 0 Å². The lowest BCUT2D eigenvalue weighted by Gasteiger charge is -2.39. The Hall–Kier alpha value is -3.02. The lowest BCUT2D eigenvalue weighted by Crippen LogP contribution is -2.52. The van der Waals surface area contributed by atoms with Crippen molar-refractivity contribution in [2.24, 2.45) is 5.41 Å². The van der Waals surface area contributed by atoms with Crippen LogP contribution in [0.2, 0.25) is 0 Å². The second-order valence-corrected chi connectivity index (χ2v) is 8.43. The fourth-order valence-corrected chi connectivity index (χ4v) is 4.03. The number of nitrogens with zero attached hydrogens (tertiary/aromatic N) is 1. The van der Waals surface area contributed by atoms with Crippen molar-refractivity contribution >= 4 is 17.6 Å². The van der Waals surface area contributed by atoms with Crippen LogP contribution in [-0.2, 0) is 11.3 Å². The van der Waals surface area contributed by atoms with Crippen molar-refractivity contribution in [1.29, 1.82) is 0 Å². The molecule has 1 atom stereocenters. The van der Waals surface area contributed by atoms with E-state index in [2.05, 4.69) is 16.7 Å². The van der Waals surface area contributed by atoms with E-state index in [0.717, 1.165) is 41.0 Å². The van der Waals surface area contributed by atoms with E-state index >= 15 is 0 Å². The van der Waals surface area contributed by atoms with Crippen LogP contribution in [0.15, 0.2) is 42.5 Å². The van der Waals surface area contributed by atoms with Gasteiger partial charge in [0.1, 0.15) is 5.75 Å². The average Bonchev–Trinajstić information content (AvgIpc) is 2.71. The van der Waals surface area contributed by atoms with Crippen molar-refractivity contribution in [3.8, 4) is 5.75 Å². The lowest BCUT2D eigenvalue weighted by molar-refractivity contribution is -0.132. The molecule has 0 radical (unpaired) electrons. The Balaban J connectivity index is 1.61. The van der Waals surface area contributed by atoms with E-state index in [4.69, 9.17) is 4.74 Å². The number of carbonyl (C=O) groups excluding carboxylic acids is 2. The molecule has 3 amide bonds. The van der Waals surface area contributed by atoms with Crippen molar-refractivity contribution in [2.45, 2.75) is 40.2 Å². The molecule has 2 aromatic carbocycles. The zero-order chi connectivity index (χ0) is 21.7. The molecule has 0 bridgehead atoms. The van der Waals surface area contributed by atoms with Gasteiger partial charge < -0.3 is 20.3 Å². The van der Waals surface area contributed by atoms with E-state index in [9.17, 15) is 9.59 Å². The van der Waals surface area contributed by atoms with Crippen molar-refractivity contribution in [2.75, 3.05) is 25.5 Å². The number of piperidine rings is 1. The van der Waals surface area contributed by atoms with E-state index in [1.165, 1.54) is 0 Å².